The summed E-state index contributed by atoms with van der Waals surface area (Å²) in [4.78, 5) is 72.3. The number of hydrogen-bond donors (Lipinski definition) is 3. The number of rotatable bonds is 5. The third kappa shape index (κ3) is 8.55. The average molecular weight is 682 g/mol. The van der Waals surface area contributed by atoms with Crippen LogP contribution in [0.15, 0.2) is 36.4 Å². The second-order valence-corrected chi connectivity index (χ2v) is 15.0. The Labute approximate surface area is 288 Å². The molecule has 0 aromatic heterocycles. The number of aliphatic carboxylic acids is 1. The first-order valence-electron chi connectivity index (χ1n) is 17.4. The number of nitrogens with zero attached hydrogens (tertiary/aromatic N) is 3. The fraction of sp³-hybridized carbons (Fsp3) is 0.639. The molecule has 3 heterocycles. The Morgan fingerprint density at radius 1 is 1.12 bits per heavy atom. The summed E-state index contributed by atoms with van der Waals surface area (Å²) in [6.07, 6.45) is 5.87. The number of carboxylic acid groups (broad SMARTS) is 1. The molecule has 2 fully saturated rings. The van der Waals surface area contributed by atoms with Crippen LogP contribution in [0.4, 0.5) is 9.59 Å². The highest BCUT2D eigenvalue weighted by Crippen LogP contribution is 2.45. The van der Waals surface area contributed by atoms with Crippen molar-refractivity contribution in [2.24, 2.45) is 5.92 Å². The molecule has 6 atom stereocenters. The summed E-state index contributed by atoms with van der Waals surface area (Å²) in [7, 11) is 3.89. The van der Waals surface area contributed by atoms with Crippen molar-refractivity contribution in [3.05, 3.63) is 47.5 Å². The minimum atomic E-state index is -1.47. The Bertz CT molecular complexity index is 1460. The van der Waals surface area contributed by atoms with Crippen LogP contribution in [0.1, 0.15) is 82.9 Å². The second-order valence-electron chi connectivity index (χ2n) is 15.0. The van der Waals surface area contributed by atoms with Crippen LogP contribution in [0.3, 0.4) is 0 Å². The van der Waals surface area contributed by atoms with Crippen molar-refractivity contribution in [2.75, 3.05) is 33.7 Å². The minimum Gasteiger partial charge on any atom is -0.479 e. The Morgan fingerprint density at radius 3 is 2.59 bits per heavy atom. The second kappa shape index (κ2) is 14.8. The smallest absolute Gasteiger partial charge is 0.410 e. The van der Waals surface area contributed by atoms with Gasteiger partial charge < -0.3 is 35.0 Å². The molecule has 3 aliphatic heterocycles. The lowest BCUT2D eigenvalue weighted by Crippen LogP contribution is -2.56. The molecular formula is C36H51N5O8. The van der Waals surface area contributed by atoms with E-state index < -0.39 is 59.3 Å². The monoisotopic (exact) mass is 681 g/mol. The van der Waals surface area contributed by atoms with E-state index in [4.69, 9.17) is 9.47 Å². The topological polar surface area (TPSA) is 158 Å². The number of hydrogen-bond acceptors (Lipinski definition) is 8. The van der Waals surface area contributed by atoms with Crippen LogP contribution in [-0.2, 0) is 30.3 Å². The van der Waals surface area contributed by atoms with Crippen molar-refractivity contribution < 1.29 is 38.6 Å². The van der Waals surface area contributed by atoms with Gasteiger partial charge >= 0.3 is 18.2 Å². The number of benzene rings is 1. The number of nitrogens with one attached hydrogen (secondary N) is 2. The van der Waals surface area contributed by atoms with Crippen LogP contribution in [0.5, 0.6) is 0 Å². The first-order valence-corrected chi connectivity index (χ1v) is 17.4. The normalized spacial score (nSPS) is 29.7. The maximum Gasteiger partial charge on any atom is 0.410 e. The number of carbonyl (C=O) groups excluding carboxylic acids is 4. The SMILES string of the molecule is CN(C)CC1c2ccccc2CCN1C(=O)O[C@@H]1C[C@H]2C(=O)N[C@]3(C(=O)O)C[C@@H]3/C=C\CCCCC[C@H](NC(=O)OC(C)(C)C)C(=O)N2C1. The predicted octanol–water partition coefficient (Wildman–Crippen LogP) is 3.63. The van der Waals surface area contributed by atoms with Crippen molar-refractivity contribution in [3.63, 3.8) is 0 Å². The van der Waals surface area contributed by atoms with Crippen molar-refractivity contribution in [2.45, 2.75) is 108 Å². The molecule has 1 aliphatic carbocycles. The van der Waals surface area contributed by atoms with Gasteiger partial charge in [0.05, 0.1) is 12.6 Å². The zero-order valence-corrected chi connectivity index (χ0v) is 29.3. The minimum absolute atomic E-state index is 0.0125. The van der Waals surface area contributed by atoms with Crippen LogP contribution in [0, 0.1) is 5.92 Å². The highest BCUT2D eigenvalue weighted by molar-refractivity contribution is 5.96. The molecule has 13 nitrogen and oxygen atoms in total. The number of fused-ring (bicyclic) bond motifs is 3. The number of carboxylic acids is 1. The summed E-state index contributed by atoms with van der Waals surface area (Å²) in [5, 5.41) is 15.6. The fourth-order valence-corrected chi connectivity index (χ4v) is 7.22. The highest BCUT2D eigenvalue weighted by atomic mass is 16.6. The predicted molar refractivity (Wildman–Crippen MR) is 181 cm³/mol. The lowest BCUT2D eigenvalue weighted by molar-refractivity contribution is -0.145. The van der Waals surface area contributed by atoms with Gasteiger partial charge in [0.1, 0.15) is 29.3 Å². The van der Waals surface area contributed by atoms with Crippen molar-refractivity contribution in [3.8, 4) is 0 Å². The van der Waals surface area contributed by atoms with Crippen molar-refractivity contribution in [1.29, 1.82) is 0 Å². The summed E-state index contributed by atoms with van der Waals surface area (Å²) < 4.78 is 11.5. The molecule has 1 saturated carbocycles. The molecule has 1 aromatic carbocycles. The lowest BCUT2D eigenvalue weighted by atomic mass is 9.92. The van der Waals surface area contributed by atoms with Crippen molar-refractivity contribution in [1.82, 2.24) is 25.3 Å². The molecule has 49 heavy (non-hydrogen) atoms. The Hall–Kier alpha value is -4.13. The lowest BCUT2D eigenvalue weighted by Gasteiger charge is -2.38. The fourth-order valence-electron chi connectivity index (χ4n) is 7.22. The zero-order valence-electron chi connectivity index (χ0n) is 29.3. The molecule has 0 spiro atoms. The van der Waals surface area contributed by atoms with Crippen LogP contribution >= 0.6 is 0 Å². The van der Waals surface area contributed by atoms with E-state index in [-0.39, 0.29) is 31.3 Å². The molecular weight excluding hydrogens is 630 g/mol. The standard InChI is InChI=1S/C36H51N5O8/c1-35(2,3)49-33(46)37-27-16-10-8-6-7-9-14-24-20-36(24,32(44)45)38-30(42)28-19-25(21-41(28)31(27)43)48-34(47)40-18-17-23-13-11-12-15-26(23)29(40)22-39(4)5/h9,11-15,24-25,27-29H,6-8,10,16-22H2,1-5H3,(H,37,46)(H,38,42)(H,44,45)/b14-9-/t24-,25+,27-,28-,29?,36+/m0/s1. The van der Waals surface area contributed by atoms with Crippen LogP contribution < -0.4 is 10.6 Å². The van der Waals surface area contributed by atoms with Crippen molar-refractivity contribution >= 4 is 30.0 Å². The molecule has 0 radical (unpaired) electrons. The molecule has 4 aliphatic rings. The van der Waals surface area contributed by atoms with E-state index in [0.29, 0.717) is 32.4 Å². The van der Waals surface area contributed by atoms with Gasteiger partial charge in [0, 0.05) is 25.4 Å². The summed E-state index contributed by atoms with van der Waals surface area (Å²) in [5.41, 5.74) is -0.0286. The van der Waals surface area contributed by atoms with Crippen LogP contribution in [-0.4, -0.2) is 113 Å². The first-order chi connectivity index (χ1) is 23.2. The molecule has 268 valence electrons. The van der Waals surface area contributed by atoms with E-state index in [1.54, 1.807) is 25.7 Å². The number of likely N-dealkylation sites (N-methyl/N-ethyl adjacent to an activating group) is 1. The number of carbonyl (C=O) groups is 5. The third-order valence-corrected chi connectivity index (χ3v) is 9.76. The largest absolute Gasteiger partial charge is 0.479 e. The Kier molecular flexibility index (Phi) is 10.9. The summed E-state index contributed by atoms with van der Waals surface area (Å²) in [5.74, 6) is -2.64. The number of amides is 4. The van der Waals surface area contributed by atoms with Gasteiger partial charge in [-0.05, 0) is 78.1 Å². The Morgan fingerprint density at radius 2 is 1.88 bits per heavy atom. The Balaban J connectivity index is 1.40. The molecule has 0 bridgehead atoms. The number of allylic oxidation sites excluding steroid dienone is 1. The molecule has 3 N–H and O–H groups in total. The van der Waals surface area contributed by atoms with E-state index in [9.17, 15) is 29.1 Å². The van der Waals surface area contributed by atoms with E-state index in [2.05, 4.69) is 16.7 Å². The first kappa shape index (κ1) is 36.2. The van der Waals surface area contributed by atoms with E-state index in [0.717, 1.165) is 24.8 Å². The van der Waals surface area contributed by atoms with E-state index in [1.807, 2.05) is 49.3 Å². The van der Waals surface area contributed by atoms with E-state index >= 15 is 0 Å². The molecule has 13 heteroatoms. The van der Waals surface area contributed by atoms with E-state index in [1.165, 1.54) is 10.5 Å². The maximum absolute atomic E-state index is 14.3. The summed E-state index contributed by atoms with van der Waals surface area (Å²) in [6.45, 7) is 6.13. The summed E-state index contributed by atoms with van der Waals surface area (Å²) >= 11 is 0. The average Bonchev–Trinajstić information content (AvgIpc) is 3.56. The van der Waals surface area contributed by atoms with Gasteiger partial charge in [0.25, 0.3) is 0 Å². The number of ether oxygens (including phenoxy) is 2. The van der Waals surface area contributed by atoms with Gasteiger partial charge in [-0.3, -0.25) is 14.5 Å². The van der Waals surface area contributed by atoms with Crippen LogP contribution in [0.25, 0.3) is 0 Å². The zero-order chi connectivity index (χ0) is 35.5. The maximum atomic E-state index is 14.3. The highest BCUT2D eigenvalue weighted by Gasteiger charge is 2.61. The van der Waals surface area contributed by atoms with Crippen LogP contribution in [0.2, 0.25) is 0 Å². The number of alkyl carbamates (subject to hydrolysis) is 1. The van der Waals surface area contributed by atoms with Gasteiger partial charge in [-0.15, -0.1) is 0 Å². The molecule has 1 saturated heterocycles. The van der Waals surface area contributed by atoms with Gasteiger partial charge in [0.2, 0.25) is 11.8 Å². The van der Waals surface area contributed by atoms with Gasteiger partial charge in [-0.2, -0.15) is 0 Å². The molecule has 4 amide bonds. The van der Waals surface area contributed by atoms with Gasteiger partial charge in [-0.1, -0.05) is 49.3 Å². The summed E-state index contributed by atoms with van der Waals surface area (Å²) in [6, 6.07) is 5.68. The van der Waals surface area contributed by atoms with Gasteiger partial charge in [0.15, 0.2) is 0 Å². The molecule has 1 unspecified atom stereocenters. The van der Waals surface area contributed by atoms with Gasteiger partial charge in [-0.25, -0.2) is 14.4 Å². The quantitative estimate of drug-likeness (QED) is 0.395. The third-order valence-electron chi connectivity index (χ3n) is 9.76. The molecule has 5 rings (SSSR count). The molecule has 1 aromatic rings.